The van der Waals surface area contributed by atoms with Crippen molar-refractivity contribution in [3.8, 4) is 16.5 Å². The summed E-state index contributed by atoms with van der Waals surface area (Å²) >= 11 is 1.38. The molecule has 1 aliphatic rings. The monoisotopic (exact) mass is 447 g/mol. The van der Waals surface area contributed by atoms with Gasteiger partial charge in [-0.25, -0.2) is 13.4 Å². The van der Waals surface area contributed by atoms with Crippen LogP contribution >= 0.6 is 11.3 Å². The van der Waals surface area contributed by atoms with Gasteiger partial charge >= 0.3 is 0 Å². The number of hydrogen-bond acceptors (Lipinski definition) is 7. The second-order valence-corrected chi connectivity index (χ2v) is 10.2. The molecule has 0 atom stereocenters. The van der Waals surface area contributed by atoms with Gasteiger partial charge in [0.2, 0.25) is 10.0 Å². The molecule has 0 bridgehead atoms. The van der Waals surface area contributed by atoms with Gasteiger partial charge in [0.15, 0.2) is 10.8 Å². The molecule has 0 unspecified atom stereocenters. The van der Waals surface area contributed by atoms with E-state index in [9.17, 15) is 18.3 Å². The minimum absolute atomic E-state index is 0.110. The lowest BCUT2D eigenvalue weighted by Crippen LogP contribution is -2.50. The molecule has 1 saturated heterocycles. The molecule has 1 aliphatic heterocycles. The van der Waals surface area contributed by atoms with Gasteiger partial charge < -0.3 is 14.4 Å². The number of thiazole rings is 1. The third kappa shape index (κ3) is 3.73. The minimum Gasteiger partial charge on any atom is -0.507 e. The molecule has 1 amide bonds. The first-order valence-corrected chi connectivity index (χ1v) is 11.6. The van der Waals surface area contributed by atoms with E-state index in [1.165, 1.54) is 27.8 Å². The van der Waals surface area contributed by atoms with Gasteiger partial charge in [-0.2, -0.15) is 4.31 Å². The molecule has 1 N–H and O–H groups in total. The maximum Gasteiger partial charge on any atom is 0.273 e. The van der Waals surface area contributed by atoms with E-state index in [0.29, 0.717) is 16.5 Å². The van der Waals surface area contributed by atoms with E-state index in [0.717, 1.165) is 10.4 Å². The van der Waals surface area contributed by atoms with Gasteiger partial charge in [-0.15, -0.1) is 11.3 Å². The first-order valence-electron chi connectivity index (χ1n) is 9.37. The summed E-state index contributed by atoms with van der Waals surface area (Å²) in [6, 6.07) is 8.04. The fourth-order valence-corrected chi connectivity index (χ4v) is 5.81. The van der Waals surface area contributed by atoms with Gasteiger partial charge in [-0.05, 0) is 43.7 Å². The Bertz CT molecular complexity index is 1180. The number of aromatic hydroxyl groups is 1. The molecule has 1 fully saturated rings. The predicted octanol–water partition coefficient (Wildman–Crippen LogP) is 2.87. The zero-order valence-corrected chi connectivity index (χ0v) is 18.2. The fraction of sp³-hybridized carbons (Fsp3) is 0.300. The van der Waals surface area contributed by atoms with Crippen LogP contribution < -0.4 is 0 Å². The van der Waals surface area contributed by atoms with Gasteiger partial charge in [0, 0.05) is 31.1 Å². The first kappa shape index (κ1) is 20.6. The Balaban J connectivity index is 1.48. The number of sulfonamides is 1. The topological polar surface area (TPSA) is 104 Å². The largest absolute Gasteiger partial charge is 0.507 e. The number of carbonyl (C=O) groups excluding carboxylic acids is 1. The summed E-state index contributed by atoms with van der Waals surface area (Å²) in [5, 5.41) is 10.7. The number of aromatic nitrogens is 1. The van der Waals surface area contributed by atoms with Crippen molar-refractivity contribution in [1.82, 2.24) is 14.2 Å². The third-order valence-electron chi connectivity index (χ3n) is 4.99. The molecule has 0 radical (unpaired) electrons. The second kappa shape index (κ2) is 7.86. The molecule has 30 heavy (non-hydrogen) atoms. The molecule has 2 aromatic heterocycles. The highest BCUT2D eigenvalue weighted by atomic mass is 32.2. The highest BCUT2D eigenvalue weighted by molar-refractivity contribution is 7.89. The summed E-state index contributed by atoms with van der Waals surface area (Å²) in [6.45, 7) is 4.39. The zero-order valence-electron chi connectivity index (χ0n) is 16.5. The molecule has 4 rings (SSSR count). The first-order chi connectivity index (χ1) is 14.3. The number of piperazine rings is 1. The molecule has 8 nitrogen and oxygen atoms in total. The fourth-order valence-electron chi connectivity index (χ4n) is 3.35. The van der Waals surface area contributed by atoms with Crippen LogP contribution in [0.1, 0.15) is 20.9 Å². The van der Waals surface area contributed by atoms with Crippen LogP contribution in [0, 0.1) is 13.8 Å². The van der Waals surface area contributed by atoms with Crippen molar-refractivity contribution in [3.63, 3.8) is 0 Å². The van der Waals surface area contributed by atoms with Crippen molar-refractivity contribution in [1.29, 1.82) is 0 Å². The van der Waals surface area contributed by atoms with Crippen molar-refractivity contribution in [2.75, 3.05) is 26.2 Å². The molecule has 158 valence electrons. The second-order valence-electron chi connectivity index (χ2n) is 7.07. The van der Waals surface area contributed by atoms with Crippen molar-refractivity contribution < 1.29 is 22.7 Å². The average molecular weight is 448 g/mol. The van der Waals surface area contributed by atoms with Crippen LogP contribution in [-0.4, -0.2) is 59.8 Å². The summed E-state index contributed by atoms with van der Waals surface area (Å²) in [5.41, 5.74) is 1.10. The summed E-state index contributed by atoms with van der Waals surface area (Å²) in [7, 11) is -3.84. The van der Waals surface area contributed by atoms with Gasteiger partial charge in [0.25, 0.3) is 5.91 Å². The summed E-state index contributed by atoms with van der Waals surface area (Å²) < 4.78 is 32.5. The summed E-state index contributed by atoms with van der Waals surface area (Å²) in [4.78, 5) is 19.7. The van der Waals surface area contributed by atoms with Crippen LogP contribution in [0.4, 0.5) is 0 Å². The number of phenols is 1. The Morgan fingerprint density at radius 2 is 1.90 bits per heavy atom. The Morgan fingerprint density at radius 3 is 2.57 bits per heavy atom. The van der Waals surface area contributed by atoms with Crippen LogP contribution in [0.15, 0.2) is 45.9 Å². The molecule has 0 saturated carbocycles. The van der Waals surface area contributed by atoms with Gasteiger partial charge in [-0.3, -0.25) is 4.79 Å². The van der Waals surface area contributed by atoms with E-state index >= 15 is 0 Å². The number of rotatable bonds is 4. The molecule has 3 heterocycles. The molecule has 0 aliphatic carbocycles. The maximum absolute atomic E-state index is 13.0. The van der Waals surface area contributed by atoms with Gasteiger partial charge in [0.1, 0.15) is 16.3 Å². The third-order valence-corrected chi connectivity index (χ3v) is 7.90. The number of amides is 1. The lowest BCUT2D eigenvalue weighted by atomic mass is 10.2. The van der Waals surface area contributed by atoms with Gasteiger partial charge in [-0.1, -0.05) is 6.07 Å². The Kier molecular flexibility index (Phi) is 5.39. The number of furan rings is 1. The minimum atomic E-state index is -3.84. The highest BCUT2D eigenvalue weighted by Gasteiger charge is 2.33. The smallest absolute Gasteiger partial charge is 0.273 e. The van der Waals surface area contributed by atoms with Crippen LogP contribution in [-0.2, 0) is 10.0 Å². The van der Waals surface area contributed by atoms with Crippen molar-refractivity contribution in [2.45, 2.75) is 18.7 Å². The predicted molar refractivity (Wildman–Crippen MR) is 112 cm³/mol. The SMILES string of the molecule is Cc1ccc(O)c(S(=O)(=O)N2CCN(C(=O)c3nc(-c4ccco4)sc3C)CC2)c1. The number of benzene rings is 1. The van der Waals surface area contributed by atoms with E-state index in [-0.39, 0.29) is 42.7 Å². The quantitative estimate of drug-likeness (QED) is 0.660. The summed E-state index contributed by atoms with van der Waals surface area (Å²) in [6.07, 6.45) is 1.55. The lowest BCUT2D eigenvalue weighted by molar-refractivity contribution is 0.0692. The number of phenolic OH excluding ortho intramolecular Hbond substituents is 1. The Hall–Kier alpha value is -2.69. The molecular weight excluding hydrogens is 426 g/mol. The van der Waals surface area contributed by atoms with Crippen molar-refractivity contribution in [3.05, 3.63) is 52.7 Å². The van der Waals surface area contributed by atoms with Gasteiger partial charge in [0.05, 0.1) is 6.26 Å². The van der Waals surface area contributed by atoms with Crippen LogP contribution in [0.3, 0.4) is 0 Å². The van der Waals surface area contributed by atoms with Crippen LogP contribution in [0.5, 0.6) is 5.75 Å². The standard InChI is InChI=1S/C20H21N3O5S2/c1-13-5-6-15(24)17(12-13)30(26,27)23-9-7-22(8-10-23)20(25)18-14(2)29-19(21-18)16-4-3-11-28-16/h3-6,11-12,24H,7-10H2,1-2H3. The number of carbonyl (C=O) groups is 1. The number of nitrogens with zero attached hydrogens (tertiary/aromatic N) is 3. The molecule has 3 aromatic rings. The number of aryl methyl sites for hydroxylation is 2. The van der Waals surface area contributed by atoms with E-state index < -0.39 is 10.0 Å². The Morgan fingerprint density at radius 1 is 1.17 bits per heavy atom. The van der Waals surface area contributed by atoms with E-state index in [1.54, 1.807) is 36.3 Å². The molecule has 10 heteroatoms. The zero-order chi connectivity index (χ0) is 21.5. The van der Waals surface area contributed by atoms with Crippen LogP contribution in [0.2, 0.25) is 0 Å². The van der Waals surface area contributed by atoms with E-state index in [2.05, 4.69) is 4.98 Å². The summed E-state index contributed by atoms with van der Waals surface area (Å²) in [5.74, 6) is 0.107. The van der Waals surface area contributed by atoms with E-state index in [1.807, 2.05) is 6.92 Å². The van der Waals surface area contributed by atoms with Crippen molar-refractivity contribution in [2.24, 2.45) is 0 Å². The maximum atomic E-state index is 13.0. The molecular formula is C20H21N3O5S2. The molecule has 1 aromatic carbocycles. The number of hydrogen-bond donors (Lipinski definition) is 1. The molecule has 0 spiro atoms. The van der Waals surface area contributed by atoms with Crippen LogP contribution in [0.25, 0.3) is 10.8 Å². The highest BCUT2D eigenvalue weighted by Crippen LogP contribution is 2.30. The Labute approximate surface area is 178 Å². The van der Waals surface area contributed by atoms with E-state index in [4.69, 9.17) is 4.42 Å². The normalized spacial score (nSPS) is 15.5. The lowest BCUT2D eigenvalue weighted by Gasteiger charge is -2.33. The average Bonchev–Trinajstić information content (AvgIpc) is 3.39. The van der Waals surface area contributed by atoms with Crippen molar-refractivity contribution >= 4 is 27.3 Å².